The molecule has 0 N–H and O–H groups in total. The fourth-order valence-corrected chi connectivity index (χ4v) is 1.39. The summed E-state index contributed by atoms with van der Waals surface area (Å²) in [6.07, 6.45) is 10.1. The molecule has 2 fully saturated rings. The van der Waals surface area contributed by atoms with Gasteiger partial charge in [-0.05, 0) is 12.8 Å². The molecule has 0 amide bonds. The highest BCUT2D eigenvalue weighted by Crippen LogP contribution is 2.15. The summed E-state index contributed by atoms with van der Waals surface area (Å²) in [6.45, 7) is 2.00. The summed E-state index contributed by atoms with van der Waals surface area (Å²) in [5, 5.41) is 0. The number of ether oxygens (including phenoxy) is 1. The molecule has 0 aromatic carbocycles. The van der Waals surface area contributed by atoms with Gasteiger partial charge in [0.25, 0.3) is 0 Å². The van der Waals surface area contributed by atoms with E-state index in [1.165, 1.54) is 44.9 Å². The minimum absolute atomic E-state index is 1.00. The summed E-state index contributed by atoms with van der Waals surface area (Å²) in [6, 6.07) is 0. The lowest BCUT2D eigenvalue weighted by Crippen LogP contribution is -1.74. The van der Waals surface area contributed by atoms with Crippen molar-refractivity contribution in [3.05, 3.63) is 0 Å². The molecule has 1 saturated carbocycles. The molecule has 10 heavy (non-hydrogen) atoms. The second kappa shape index (κ2) is 5.72. The Labute approximate surface area is 63.8 Å². The van der Waals surface area contributed by atoms with E-state index in [1.54, 1.807) is 0 Å². The zero-order valence-electron chi connectivity index (χ0n) is 6.77. The van der Waals surface area contributed by atoms with Crippen LogP contribution in [0, 0.1) is 0 Å². The van der Waals surface area contributed by atoms with Crippen molar-refractivity contribution in [1.82, 2.24) is 0 Å². The maximum atomic E-state index is 4.94. The van der Waals surface area contributed by atoms with Crippen LogP contribution in [0.25, 0.3) is 0 Å². The zero-order valence-corrected chi connectivity index (χ0v) is 6.77. The van der Waals surface area contributed by atoms with Gasteiger partial charge in [-0.1, -0.05) is 32.1 Å². The molecule has 1 heteroatoms. The fraction of sp³-hybridized carbons (Fsp3) is 1.00. The van der Waals surface area contributed by atoms with Gasteiger partial charge in [-0.25, -0.2) is 0 Å². The first-order valence-electron chi connectivity index (χ1n) is 4.58. The van der Waals surface area contributed by atoms with Gasteiger partial charge in [0.15, 0.2) is 0 Å². The topological polar surface area (TPSA) is 9.23 Å². The van der Waals surface area contributed by atoms with Crippen LogP contribution in [0.3, 0.4) is 0 Å². The lowest BCUT2D eigenvalue weighted by Gasteiger charge is -1.76. The quantitative estimate of drug-likeness (QED) is 0.505. The molecule has 2 aliphatic rings. The molecule has 0 aromatic rings. The third-order valence-corrected chi connectivity index (χ3v) is 2.08. The Morgan fingerprint density at radius 3 is 1.10 bits per heavy atom. The zero-order chi connectivity index (χ0) is 7.07. The average Bonchev–Trinajstić information content (AvgIpc) is 2.67. The maximum absolute atomic E-state index is 4.94. The second-order valence-corrected chi connectivity index (χ2v) is 3.09. The van der Waals surface area contributed by atoms with E-state index in [4.69, 9.17) is 4.74 Å². The van der Waals surface area contributed by atoms with Crippen molar-refractivity contribution in [2.45, 2.75) is 44.9 Å². The Kier molecular flexibility index (Phi) is 4.61. The van der Waals surface area contributed by atoms with Crippen LogP contribution in [0.5, 0.6) is 0 Å². The van der Waals surface area contributed by atoms with Crippen molar-refractivity contribution in [1.29, 1.82) is 0 Å². The molecule has 1 saturated heterocycles. The van der Waals surface area contributed by atoms with Gasteiger partial charge in [0.2, 0.25) is 0 Å². The van der Waals surface area contributed by atoms with Gasteiger partial charge >= 0.3 is 0 Å². The normalized spacial score (nSPS) is 24.0. The molecule has 0 aromatic heterocycles. The summed E-state index contributed by atoms with van der Waals surface area (Å²) < 4.78 is 4.94. The van der Waals surface area contributed by atoms with E-state index < -0.39 is 0 Å². The van der Waals surface area contributed by atoms with Crippen molar-refractivity contribution < 1.29 is 4.74 Å². The fourth-order valence-electron chi connectivity index (χ4n) is 1.39. The van der Waals surface area contributed by atoms with Gasteiger partial charge in [0.1, 0.15) is 0 Å². The van der Waals surface area contributed by atoms with E-state index in [2.05, 4.69) is 0 Å². The first-order chi connectivity index (χ1) is 5.00. The van der Waals surface area contributed by atoms with Crippen LogP contribution in [0.2, 0.25) is 0 Å². The van der Waals surface area contributed by atoms with Crippen molar-refractivity contribution in [3.63, 3.8) is 0 Å². The van der Waals surface area contributed by atoms with Crippen LogP contribution in [-0.4, -0.2) is 13.2 Å². The van der Waals surface area contributed by atoms with Crippen LogP contribution in [0.1, 0.15) is 44.9 Å². The van der Waals surface area contributed by atoms with E-state index in [-0.39, 0.29) is 0 Å². The third-order valence-electron chi connectivity index (χ3n) is 2.08. The Morgan fingerprint density at radius 1 is 0.500 bits per heavy atom. The number of hydrogen-bond donors (Lipinski definition) is 0. The summed E-state index contributed by atoms with van der Waals surface area (Å²) in [5.74, 6) is 0. The van der Waals surface area contributed by atoms with E-state index in [0.29, 0.717) is 0 Å². The van der Waals surface area contributed by atoms with Gasteiger partial charge in [-0.3, -0.25) is 0 Å². The van der Waals surface area contributed by atoms with Gasteiger partial charge in [-0.2, -0.15) is 0 Å². The van der Waals surface area contributed by atoms with Gasteiger partial charge in [0, 0.05) is 13.2 Å². The highest BCUT2D eigenvalue weighted by Gasteiger charge is 1.95. The molecule has 0 bridgehead atoms. The summed E-state index contributed by atoms with van der Waals surface area (Å²) >= 11 is 0. The second-order valence-electron chi connectivity index (χ2n) is 3.09. The van der Waals surface area contributed by atoms with Crippen LogP contribution >= 0.6 is 0 Å². The highest BCUT2D eigenvalue weighted by molar-refractivity contribution is 4.51. The molecule has 1 heterocycles. The molecular formula is C9H18O. The van der Waals surface area contributed by atoms with Crippen LogP contribution in [-0.2, 0) is 4.74 Å². The van der Waals surface area contributed by atoms with Crippen LogP contribution < -0.4 is 0 Å². The van der Waals surface area contributed by atoms with Crippen molar-refractivity contribution in [2.75, 3.05) is 13.2 Å². The summed E-state index contributed by atoms with van der Waals surface area (Å²) in [4.78, 5) is 0. The lowest BCUT2D eigenvalue weighted by atomic mass is 10.4. The van der Waals surface area contributed by atoms with Gasteiger partial charge in [-0.15, -0.1) is 0 Å². The minimum atomic E-state index is 1.00. The van der Waals surface area contributed by atoms with Crippen molar-refractivity contribution in [2.24, 2.45) is 0 Å². The van der Waals surface area contributed by atoms with E-state index in [0.717, 1.165) is 13.2 Å². The molecular weight excluding hydrogens is 124 g/mol. The van der Waals surface area contributed by atoms with Gasteiger partial charge in [0.05, 0.1) is 0 Å². The Balaban J connectivity index is 0.0000001000. The molecule has 1 nitrogen and oxygen atoms in total. The molecule has 1 aliphatic carbocycles. The third kappa shape index (κ3) is 3.89. The maximum Gasteiger partial charge on any atom is 0.0466 e. The van der Waals surface area contributed by atoms with E-state index in [1.807, 2.05) is 0 Å². The molecule has 1 aliphatic heterocycles. The number of rotatable bonds is 0. The molecule has 0 spiro atoms. The first-order valence-corrected chi connectivity index (χ1v) is 4.58. The Morgan fingerprint density at radius 2 is 0.900 bits per heavy atom. The average molecular weight is 142 g/mol. The standard InChI is InChI=1S/C5H10.C4H8O/c2*1-2-4-5-3-1/h1-5H2;1-4H2. The van der Waals surface area contributed by atoms with Crippen molar-refractivity contribution in [3.8, 4) is 0 Å². The van der Waals surface area contributed by atoms with Crippen LogP contribution in [0.15, 0.2) is 0 Å². The Hall–Kier alpha value is -0.0400. The molecule has 2 rings (SSSR count). The van der Waals surface area contributed by atoms with E-state index in [9.17, 15) is 0 Å². The van der Waals surface area contributed by atoms with Gasteiger partial charge < -0.3 is 4.74 Å². The minimum Gasteiger partial charge on any atom is -0.381 e. The largest absolute Gasteiger partial charge is 0.381 e. The smallest absolute Gasteiger partial charge is 0.0466 e. The molecule has 0 atom stereocenters. The predicted molar refractivity (Wildman–Crippen MR) is 43.1 cm³/mol. The molecule has 0 radical (unpaired) electrons. The summed E-state index contributed by atoms with van der Waals surface area (Å²) in [7, 11) is 0. The Bertz CT molecular complexity index is 37.9. The first kappa shape index (κ1) is 8.06. The van der Waals surface area contributed by atoms with E-state index >= 15 is 0 Å². The highest BCUT2D eigenvalue weighted by atomic mass is 16.5. The SMILES string of the molecule is C1CCCC1.C1CCOC1. The monoisotopic (exact) mass is 142 g/mol. The molecule has 0 unspecified atom stereocenters. The van der Waals surface area contributed by atoms with Crippen molar-refractivity contribution >= 4 is 0 Å². The predicted octanol–water partition coefficient (Wildman–Crippen LogP) is 2.75. The summed E-state index contributed by atoms with van der Waals surface area (Å²) in [5.41, 5.74) is 0. The number of hydrogen-bond acceptors (Lipinski definition) is 1. The molecule has 60 valence electrons. The van der Waals surface area contributed by atoms with Crippen LogP contribution in [0.4, 0.5) is 0 Å². The lowest BCUT2D eigenvalue weighted by molar-refractivity contribution is 0.198.